The highest BCUT2D eigenvalue weighted by Gasteiger charge is 2.53. The Morgan fingerprint density at radius 1 is 0.840 bits per heavy atom. The number of nitrogens with two attached hydrogens (primary N) is 2. The molecule has 0 aliphatic rings. The Balaban J connectivity index is 6.33. The van der Waals surface area contributed by atoms with E-state index in [1.54, 1.807) is 0 Å². The lowest BCUT2D eigenvalue weighted by atomic mass is 9.57. The summed E-state index contributed by atoms with van der Waals surface area (Å²) in [5.74, 6) is -3.08. The fraction of sp³-hybridized carbons (Fsp3) is 0.882. The van der Waals surface area contributed by atoms with Crippen molar-refractivity contribution in [2.45, 2.75) is 77.8 Å². The van der Waals surface area contributed by atoms with E-state index in [0.29, 0.717) is 0 Å². The predicted molar refractivity (Wildman–Crippen MR) is 93.0 cm³/mol. The van der Waals surface area contributed by atoms with Crippen molar-refractivity contribution in [1.82, 2.24) is 0 Å². The van der Waals surface area contributed by atoms with Crippen LogP contribution in [0.3, 0.4) is 0 Å². The summed E-state index contributed by atoms with van der Waals surface area (Å²) in [6.45, 7) is 5.97. The van der Waals surface area contributed by atoms with Gasteiger partial charge in [0.2, 0.25) is 11.8 Å². The van der Waals surface area contributed by atoms with Crippen LogP contribution in [0.1, 0.15) is 53.4 Å². The lowest BCUT2D eigenvalue weighted by Gasteiger charge is -2.47. The van der Waals surface area contributed by atoms with Gasteiger partial charge in [0.25, 0.3) is 0 Å². The van der Waals surface area contributed by atoms with E-state index in [2.05, 4.69) is 0 Å². The van der Waals surface area contributed by atoms with Crippen LogP contribution >= 0.6 is 0 Å². The maximum atomic E-state index is 12.6. The monoisotopic (exact) mass is 362 g/mol. The predicted octanol–water partition coefficient (Wildman–Crippen LogP) is -0.741. The van der Waals surface area contributed by atoms with Crippen molar-refractivity contribution in [3.8, 4) is 0 Å². The Kier molecular flexibility index (Phi) is 9.57. The molecule has 0 saturated heterocycles. The van der Waals surface area contributed by atoms with Crippen LogP contribution in [0.15, 0.2) is 0 Å². The Hall–Kier alpha value is -1.22. The second kappa shape index (κ2) is 10.1. The van der Waals surface area contributed by atoms with Gasteiger partial charge in [0.15, 0.2) is 0 Å². The molecule has 0 saturated carbocycles. The van der Waals surface area contributed by atoms with Gasteiger partial charge in [-0.05, 0) is 47.0 Å². The summed E-state index contributed by atoms with van der Waals surface area (Å²) >= 11 is 0. The summed E-state index contributed by atoms with van der Waals surface area (Å²) in [6, 6.07) is 0. The molecule has 0 heterocycles. The Morgan fingerprint density at radius 2 is 1.20 bits per heavy atom. The number of carbonyl (C=O) groups is 2. The van der Waals surface area contributed by atoms with Crippen LogP contribution in [0, 0.1) is 17.3 Å². The number of rotatable bonds is 12. The van der Waals surface area contributed by atoms with Crippen molar-refractivity contribution in [3.63, 3.8) is 0 Å². The van der Waals surface area contributed by atoms with Gasteiger partial charge in [-0.1, -0.05) is 0 Å². The largest absolute Gasteiger partial charge is 0.393 e. The van der Waals surface area contributed by atoms with E-state index >= 15 is 0 Å². The van der Waals surface area contributed by atoms with E-state index in [4.69, 9.17) is 11.5 Å². The highest BCUT2D eigenvalue weighted by atomic mass is 16.3. The van der Waals surface area contributed by atoms with Gasteiger partial charge in [-0.25, -0.2) is 0 Å². The number of aliphatic hydroxyl groups excluding tert-OH is 4. The smallest absolute Gasteiger partial charge is 0.224 e. The van der Waals surface area contributed by atoms with Crippen molar-refractivity contribution in [2.24, 2.45) is 28.7 Å². The van der Waals surface area contributed by atoms with Crippen LogP contribution in [-0.4, -0.2) is 56.7 Å². The van der Waals surface area contributed by atoms with E-state index in [1.165, 1.54) is 27.7 Å². The average Bonchev–Trinajstić information content (AvgIpc) is 2.43. The van der Waals surface area contributed by atoms with E-state index in [1.807, 2.05) is 0 Å². The zero-order valence-corrected chi connectivity index (χ0v) is 15.6. The molecule has 25 heavy (non-hydrogen) atoms. The molecule has 8 nitrogen and oxygen atoms in total. The molecular formula is C17H34N2O6. The Labute approximate surface area is 149 Å². The standard InChI is InChI=1S/C17H34N2O6/c1-9(20)7-13(11(3)22)17(16(19)25,6-5-15(18)24)14(12(4)23)8-10(2)21/h9-14,20-23H,5-8H2,1-4H3,(H2,18,24)(H2,19,25). The summed E-state index contributed by atoms with van der Waals surface area (Å²) in [7, 11) is 0. The second-order valence-electron chi connectivity index (χ2n) is 7.23. The molecule has 0 aromatic carbocycles. The van der Waals surface area contributed by atoms with E-state index in [9.17, 15) is 30.0 Å². The average molecular weight is 362 g/mol. The van der Waals surface area contributed by atoms with Gasteiger partial charge in [-0.15, -0.1) is 0 Å². The third-order valence-electron chi connectivity index (χ3n) is 4.92. The third-order valence-corrected chi connectivity index (χ3v) is 4.92. The molecule has 8 N–H and O–H groups in total. The molecule has 8 heteroatoms. The summed E-state index contributed by atoms with van der Waals surface area (Å²) in [5.41, 5.74) is 9.44. The molecule has 2 amide bonds. The molecule has 0 rings (SSSR count). The summed E-state index contributed by atoms with van der Waals surface area (Å²) < 4.78 is 0. The molecular weight excluding hydrogens is 328 g/mol. The van der Waals surface area contributed by atoms with Crippen LogP contribution < -0.4 is 11.5 Å². The zero-order valence-electron chi connectivity index (χ0n) is 15.6. The minimum atomic E-state index is -1.51. The number of hydrogen-bond donors (Lipinski definition) is 6. The van der Waals surface area contributed by atoms with E-state index in [-0.39, 0.29) is 25.7 Å². The van der Waals surface area contributed by atoms with Crippen LogP contribution in [-0.2, 0) is 9.59 Å². The lowest BCUT2D eigenvalue weighted by molar-refractivity contribution is -0.151. The number of amides is 2. The quantitative estimate of drug-likeness (QED) is 0.267. The van der Waals surface area contributed by atoms with Crippen molar-refractivity contribution in [3.05, 3.63) is 0 Å². The number of hydrogen-bond acceptors (Lipinski definition) is 6. The van der Waals surface area contributed by atoms with Crippen molar-refractivity contribution >= 4 is 11.8 Å². The van der Waals surface area contributed by atoms with Gasteiger partial charge >= 0.3 is 0 Å². The molecule has 6 atom stereocenters. The molecule has 0 aromatic rings. The first-order chi connectivity index (χ1) is 11.4. The number of aliphatic hydroxyl groups is 4. The summed E-state index contributed by atoms with van der Waals surface area (Å²) in [4.78, 5) is 23.9. The normalized spacial score (nSPS) is 21.4. The van der Waals surface area contributed by atoms with Crippen molar-refractivity contribution in [2.75, 3.05) is 0 Å². The first-order valence-electron chi connectivity index (χ1n) is 8.66. The van der Waals surface area contributed by atoms with Crippen molar-refractivity contribution in [1.29, 1.82) is 0 Å². The van der Waals surface area contributed by atoms with Gasteiger partial charge in [-0.2, -0.15) is 0 Å². The van der Waals surface area contributed by atoms with E-state index in [0.717, 1.165) is 0 Å². The molecule has 0 aliphatic heterocycles. The number of carbonyl (C=O) groups excluding carboxylic acids is 2. The highest BCUT2D eigenvalue weighted by Crippen LogP contribution is 2.47. The van der Waals surface area contributed by atoms with Crippen LogP contribution in [0.2, 0.25) is 0 Å². The molecule has 0 aliphatic carbocycles. The minimum Gasteiger partial charge on any atom is -0.393 e. The molecule has 0 radical (unpaired) electrons. The fourth-order valence-electron chi connectivity index (χ4n) is 3.87. The molecule has 0 spiro atoms. The fourth-order valence-corrected chi connectivity index (χ4v) is 3.87. The maximum Gasteiger partial charge on any atom is 0.224 e. The molecule has 0 fully saturated rings. The first kappa shape index (κ1) is 23.8. The van der Waals surface area contributed by atoms with Gasteiger partial charge < -0.3 is 31.9 Å². The maximum absolute atomic E-state index is 12.6. The Morgan fingerprint density at radius 3 is 1.40 bits per heavy atom. The van der Waals surface area contributed by atoms with Gasteiger partial charge in [0.1, 0.15) is 0 Å². The lowest BCUT2D eigenvalue weighted by Crippen LogP contribution is -2.56. The van der Waals surface area contributed by atoms with Gasteiger partial charge in [0.05, 0.1) is 29.8 Å². The van der Waals surface area contributed by atoms with Gasteiger partial charge in [-0.3, -0.25) is 9.59 Å². The zero-order chi connectivity index (χ0) is 19.9. The summed E-state index contributed by atoms with van der Waals surface area (Å²) in [6.07, 6.45) is -3.92. The molecule has 148 valence electrons. The molecule has 6 unspecified atom stereocenters. The van der Waals surface area contributed by atoms with Gasteiger partial charge in [0, 0.05) is 18.3 Å². The first-order valence-corrected chi connectivity index (χ1v) is 8.66. The number of primary amides is 2. The van der Waals surface area contributed by atoms with Crippen LogP contribution in [0.4, 0.5) is 0 Å². The highest BCUT2D eigenvalue weighted by molar-refractivity contribution is 5.83. The Bertz CT molecular complexity index is 415. The minimum absolute atomic E-state index is 0.0440. The second-order valence-corrected chi connectivity index (χ2v) is 7.23. The third kappa shape index (κ3) is 6.54. The molecule has 0 bridgehead atoms. The SMILES string of the molecule is CC(O)CC(C(C)O)C(CCC(N)=O)(C(N)=O)C(CC(C)O)C(C)O. The topological polar surface area (TPSA) is 167 Å². The van der Waals surface area contributed by atoms with Crippen molar-refractivity contribution < 1.29 is 30.0 Å². The summed E-state index contributed by atoms with van der Waals surface area (Å²) in [5, 5.41) is 40.3. The van der Waals surface area contributed by atoms with Crippen LogP contribution in [0.25, 0.3) is 0 Å². The molecule has 0 aromatic heterocycles. The van der Waals surface area contributed by atoms with E-state index < -0.39 is 53.5 Å². The van der Waals surface area contributed by atoms with Crippen LogP contribution in [0.5, 0.6) is 0 Å².